The van der Waals surface area contributed by atoms with Crippen LogP contribution < -0.4 is 0 Å². The fraction of sp³-hybridized carbons (Fsp3) is 0.391. The zero-order valence-electron chi connectivity index (χ0n) is 15.7. The van der Waals surface area contributed by atoms with Gasteiger partial charge in [0.25, 0.3) is 0 Å². The number of nitrogens with zero attached hydrogens (tertiary/aromatic N) is 1. The van der Waals surface area contributed by atoms with Gasteiger partial charge in [0.2, 0.25) is 0 Å². The number of amides is 1. The van der Waals surface area contributed by atoms with Crippen LogP contribution in [0.2, 0.25) is 0 Å². The molecule has 2 fully saturated rings. The van der Waals surface area contributed by atoms with Crippen LogP contribution in [-0.4, -0.2) is 49.2 Å². The minimum absolute atomic E-state index is 0.0429. The van der Waals surface area contributed by atoms with Crippen molar-refractivity contribution in [2.45, 2.75) is 24.9 Å². The van der Waals surface area contributed by atoms with Crippen molar-refractivity contribution < 1.29 is 19.1 Å². The molecule has 2 aliphatic carbocycles. The van der Waals surface area contributed by atoms with E-state index in [0.717, 1.165) is 12.8 Å². The topological polar surface area (TPSA) is 55.8 Å². The number of ketones is 1. The number of ether oxygens (including phenoxy) is 2. The molecule has 1 saturated carbocycles. The molecule has 5 rings (SSSR count). The predicted octanol–water partition coefficient (Wildman–Crippen LogP) is 3.62. The average Bonchev–Trinajstić information content (AvgIpc) is 3.55. The average molecular weight is 377 g/mol. The first kappa shape index (κ1) is 17.4. The van der Waals surface area contributed by atoms with Crippen LogP contribution in [0.3, 0.4) is 0 Å². The summed E-state index contributed by atoms with van der Waals surface area (Å²) < 4.78 is 11.3. The molecule has 1 heterocycles. The summed E-state index contributed by atoms with van der Waals surface area (Å²) >= 11 is 0. The summed E-state index contributed by atoms with van der Waals surface area (Å²) in [6.45, 7) is 1.44. The zero-order chi connectivity index (χ0) is 19.1. The van der Waals surface area contributed by atoms with Gasteiger partial charge in [0.15, 0.2) is 5.78 Å². The molecule has 3 aliphatic rings. The number of carbonyl (C=O) groups excluding carboxylic acids is 2. The van der Waals surface area contributed by atoms with Gasteiger partial charge in [-0.05, 0) is 35.1 Å². The van der Waals surface area contributed by atoms with E-state index < -0.39 is 6.10 Å². The maximum atomic E-state index is 12.7. The lowest BCUT2D eigenvalue weighted by atomic mass is 9.98. The van der Waals surface area contributed by atoms with Crippen LogP contribution in [0.25, 0.3) is 11.1 Å². The van der Waals surface area contributed by atoms with Gasteiger partial charge in [-0.15, -0.1) is 0 Å². The molecule has 1 atom stereocenters. The van der Waals surface area contributed by atoms with Crippen LogP contribution in [0.4, 0.5) is 4.79 Å². The lowest BCUT2D eigenvalue weighted by Crippen LogP contribution is -2.49. The van der Waals surface area contributed by atoms with Crippen LogP contribution >= 0.6 is 0 Å². The van der Waals surface area contributed by atoms with E-state index in [-0.39, 0.29) is 23.7 Å². The minimum atomic E-state index is -0.498. The summed E-state index contributed by atoms with van der Waals surface area (Å²) in [6.07, 6.45) is 1.04. The third-order valence-electron chi connectivity index (χ3n) is 5.96. The predicted molar refractivity (Wildman–Crippen MR) is 104 cm³/mol. The summed E-state index contributed by atoms with van der Waals surface area (Å²) in [4.78, 5) is 26.5. The van der Waals surface area contributed by atoms with Crippen LogP contribution in [0.15, 0.2) is 48.5 Å². The van der Waals surface area contributed by atoms with Gasteiger partial charge in [-0.3, -0.25) is 4.79 Å². The van der Waals surface area contributed by atoms with E-state index in [9.17, 15) is 9.59 Å². The molecule has 1 unspecified atom stereocenters. The SMILES string of the molecule is O=C(C1CC1)C1CN(C(=O)OCC2c3ccccc3-c3ccccc32)CCO1. The molecule has 0 radical (unpaired) electrons. The van der Waals surface area contributed by atoms with Crippen LogP contribution in [0.5, 0.6) is 0 Å². The number of rotatable bonds is 4. The normalized spacial score (nSPS) is 21.1. The van der Waals surface area contributed by atoms with Crippen molar-refractivity contribution in [1.29, 1.82) is 0 Å². The Labute approximate surface area is 164 Å². The fourth-order valence-electron chi connectivity index (χ4n) is 4.30. The number of Topliss-reactive ketones (excluding diaryl/α,β-unsaturated/α-hetero) is 1. The van der Waals surface area contributed by atoms with Gasteiger partial charge < -0.3 is 14.4 Å². The Kier molecular flexibility index (Phi) is 4.40. The Morgan fingerprint density at radius 1 is 1.00 bits per heavy atom. The first-order chi connectivity index (χ1) is 13.7. The second kappa shape index (κ2) is 7.06. The van der Waals surface area contributed by atoms with Crippen molar-refractivity contribution in [2.24, 2.45) is 5.92 Å². The second-order valence-electron chi connectivity index (χ2n) is 7.79. The molecule has 5 heteroatoms. The Hall–Kier alpha value is -2.66. The number of fused-ring (bicyclic) bond motifs is 3. The quantitative estimate of drug-likeness (QED) is 0.817. The Morgan fingerprint density at radius 2 is 1.64 bits per heavy atom. The van der Waals surface area contributed by atoms with Gasteiger partial charge in [-0.1, -0.05) is 48.5 Å². The van der Waals surface area contributed by atoms with Crippen molar-refractivity contribution >= 4 is 11.9 Å². The standard InChI is InChI=1S/C23H23NO4/c25-22(15-9-10-15)21-13-24(11-12-27-21)23(26)28-14-20-18-7-3-1-5-16(18)17-6-2-4-8-19(17)20/h1-8,15,20-21H,9-14H2. The maximum Gasteiger partial charge on any atom is 0.409 e. The number of carbonyl (C=O) groups is 2. The largest absolute Gasteiger partial charge is 0.448 e. The van der Waals surface area contributed by atoms with Crippen LogP contribution in [-0.2, 0) is 14.3 Å². The Bertz CT molecular complexity index is 875. The summed E-state index contributed by atoms with van der Waals surface area (Å²) in [5.41, 5.74) is 4.81. The third kappa shape index (κ3) is 3.10. The fourth-order valence-corrected chi connectivity index (χ4v) is 4.30. The van der Waals surface area contributed by atoms with Crippen molar-refractivity contribution in [2.75, 3.05) is 26.3 Å². The van der Waals surface area contributed by atoms with E-state index in [4.69, 9.17) is 9.47 Å². The Morgan fingerprint density at radius 3 is 2.29 bits per heavy atom. The van der Waals surface area contributed by atoms with Gasteiger partial charge in [0, 0.05) is 18.4 Å². The minimum Gasteiger partial charge on any atom is -0.448 e. The van der Waals surface area contributed by atoms with E-state index >= 15 is 0 Å². The molecule has 2 aromatic rings. The number of morpholine rings is 1. The first-order valence-corrected chi connectivity index (χ1v) is 9.97. The van der Waals surface area contributed by atoms with Gasteiger partial charge in [0.1, 0.15) is 12.7 Å². The highest BCUT2D eigenvalue weighted by molar-refractivity contribution is 5.88. The molecule has 0 N–H and O–H groups in total. The van der Waals surface area contributed by atoms with E-state index in [1.807, 2.05) is 24.3 Å². The van der Waals surface area contributed by atoms with E-state index in [1.54, 1.807) is 4.90 Å². The summed E-state index contributed by atoms with van der Waals surface area (Å²) in [6, 6.07) is 16.6. The summed E-state index contributed by atoms with van der Waals surface area (Å²) in [7, 11) is 0. The maximum absolute atomic E-state index is 12.7. The highest BCUT2D eigenvalue weighted by Crippen LogP contribution is 2.44. The molecule has 1 saturated heterocycles. The summed E-state index contributed by atoms with van der Waals surface area (Å²) in [5, 5.41) is 0. The molecular weight excluding hydrogens is 354 g/mol. The van der Waals surface area contributed by atoms with Gasteiger partial charge in [-0.25, -0.2) is 4.79 Å². The Balaban J connectivity index is 1.27. The zero-order valence-corrected chi connectivity index (χ0v) is 15.7. The number of benzene rings is 2. The summed E-state index contributed by atoms with van der Waals surface area (Å²) in [5.74, 6) is 0.310. The van der Waals surface area contributed by atoms with Gasteiger partial charge in [-0.2, -0.15) is 0 Å². The second-order valence-corrected chi connectivity index (χ2v) is 7.79. The van der Waals surface area contributed by atoms with E-state index in [2.05, 4.69) is 24.3 Å². The van der Waals surface area contributed by atoms with Crippen molar-refractivity contribution in [3.8, 4) is 11.1 Å². The molecule has 144 valence electrons. The van der Waals surface area contributed by atoms with Crippen LogP contribution in [0, 0.1) is 5.92 Å². The molecule has 0 bridgehead atoms. The first-order valence-electron chi connectivity index (χ1n) is 9.97. The third-order valence-corrected chi connectivity index (χ3v) is 5.96. The number of hydrogen-bond acceptors (Lipinski definition) is 4. The molecule has 1 aliphatic heterocycles. The van der Waals surface area contributed by atoms with Gasteiger partial charge in [0.05, 0.1) is 13.2 Å². The molecule has 5 nitrogen and oxygen atoms in total. The highest BCUT2D eigenvalue weighted by Gasteiger charge is 2.39. The lowest BCUT2D eigenvalue weighted by Gasteiger charge is -2.31. The van der Waals surface area contributed by atoms with Crippen molar-refractivity contribution in [3.63, 3.8) is 0 Å². The molecule has 1 amide bonds. The van der Waals surface area contributed by atoms with Gasteiger partial charge >= 0.3 is 6.09 Å². The van der Waals surface area contributed by atoms with Crippen molar-refractivity contribution in [3.05, 3.63) is 59.7 Å². The molecule has 0 aromatic heterocycles. The number of hydrogen-bond donors (Lipinski definition) is 0. The van der Waals surface area contributed by atoms with E-state index in [1.165, 1.54) is 22.3 Å². The highest BCUT2D eigenvalue weighted by atomic mass is 16.6. The lowest BCUT2D eigenvalue weighted by molar-refractivity contribution is -0.136. The molecule has 28 heavy (non-hydrogen) atoms. The monoisotopic (exact) mass is 377 g/mol. The molecule has 2 aromatic carbocycles. The van der Waals surface area contributed by atoms with Crippen LogP contribution in [0.1, 0.15) is 29.9 Å². The van der Waals surface area contributed by atoms with Crippen molar-refractivity contribution in [1.82, 2.24) is 4.90 Å². The smallest absolute Gasteiger partial charge is 0.409 e. The molecular formula is C23H23NO4. The molecule has 0 spiro atoms. The van der Waals surface area contributed by atoms with E-state index in [0.29, 0.717) is 26.3 Å².